The number of nitrogens with zero attached hydrogens (tertiary/aromatic N) is 1. The van der Waals surface area contributed by atoms with Crippen molar-refractivity contribution in [2.45, 2.75) is 13.3 Å². The van der Waals surface area contributed by atoms with Gasteiger partial charge >= 0.3 is 0 Å². The summed E-state index contributed by atoms with van der Waals surface area (Å²) < 4.78 is 1.48. The van der Waals surface area contributed by atoms with Crippen molar-refractivity contribution in [1.82, 2.24) is 0 Å². The van der Waals surface area contributed by atoms with Crippen LogP contribution in [0.15, 0.2) is 26.2 Å². The molecule has 0 spiro atoms. The van der Waals surface area contributed by atoms with Crippen molar-refractivity contribution < 1.29 is 9.94 Å². The van der Waals surface area contributed by atoms with Crippen LogP contribution in [0.1, 0.15) is 18.9 Å². The molecule has 0 heterocycles. The molecule has 3 nitrogen and oxygen atoms in total. The quantitative estimate of drug-likeness (QED) is 0.517. The third-order valence-corrected chi connectivity index (χ3v) is 2.68. The summed E-state index contributed by atoms with van der Waals surface area (Å²) in [6.45, 7) is 2.58. The van der Waals surface area contributed by atoms with Crippen LogP contribution in [0, 0.1) is 0 Å². The van der Waals surface area contributed by atoms with Crippen LogP contribution in [0.3, 0.4) is 0 Å². The summed E-state index contributed by atoms with van der Waals surface area (Å²) in [5, 5.41) is 13.4. The lowest BCUT2D eigenvalue weighted by Crippen LogP contribution is -1.88. The Kier molecular flexibility index (Phi) is 5.11. The smallest absolute Gasteiger partial charge is 0.138 e. The SMILES string of the molecule is CCCO/N=C/c1cc(Br)cc(Br)c1O. The second-order valence-electron chi connectivity index (χ2n) is 2.89. The molecule has 0 saturated carbocycles. The van der Waals surface area contributed by atoms with Gasteiger partial charge in [-0.1, -0.05) is 28.0 Å². The minimum absolute atomic E-state index is 0.155. The minimum atomic E-state index is 0.155. The molecule has 0 saturated heterocycles. The summed E-state index contributed by atoms with van der Waals surface area (Å²) in [5.41, 5.74) is 0.604. The molecule has 5 heteroatoms. The van der Waals surface area contributed by atoms with E-state index in [2.05, 4.69) is 37.0 Å². The van der Waals surface area contributed by atoms with Crippen LogP contribution in [-0.4, -0.2) is 17.9 Å². The summed E-state index contributed by atoms with van der Waals surface area (Å²) >= 11 is 6.56. The van der Waals surface area contributed by atoms with Gasteiger partial charge in [0, 0.05) is 10.0 Å². The molecule has 0 aromatic heterocycles. The molecule has 0 aliphatic carbocycles. The Morgan fingerprint density at radius 1 is 1.47 bits per heavy atom. The van der Waals surface area contributed by atoms with Crippen LogP contribution in [0.5, 0.6) is 5.75 Å². The van der Waals surface area contributed by atoms with Gasteiger partial charge in [-0.15, -0.1) is 0 Å². The fourth-order valence-electron chi connectivity index (χ4n) is 0.922. The van der Waals surface area contributed by atoms with Gasteiger partial charge in [0.1, 0.15) is 12.4 Å². The van der Waals surface area contributed by atoms with E-state index >= 15 is 0 Å². The normalized spacial score (nSPS) is 10.9. The highest BCUT2D eigenvalue weighted by molar-refractivity contribution is 9.11. The molecule has 82 valence electrons. The van der Waals surface area contributed by atoms with E-state index in [0.29, 0.717) is 16.6 Å². The maximum Gasteiger partial charge on any atom is 0.138 e. The van der Waals surface area contributed by atoms with Crippen molar-refractivity contribution in [1.29, 1.82) is 0 Å². The van der Waals surface area contributed by atoms with Gasteiger partial charge in [-0.2, -0.15) is 0 Å². The molecule has 0 bridgehead atoms. The van der Waals surface area contributed by atoms with Crippen molar-refractivity contribution in [3.05, 3.63) is 26.6 Å². The Bertz CT molecular complexity index is 367. The standard InChI is InChI=1S/C10H11Br2NO2/c1-2-3-15-13-6-7-4-8(11)5-9(12)10(7)14/h4-6,14H,2-3H2,1H3/b13-6+. The number of halogens is 2. The molecule has 15 heavy (non-hydrogen) atoms. The number of hydrogen-bond donors (Lipinski definition) is 1. The monoisotopic (exact) mass is 335 g/mol. The largest absolute Gasteiger partial charge is 0.506 e. The maximum atomic E-state index is 9.66. The lowest BCUT2D eigenvalue weighted by molar-refractivity contribution is 0.146. The predicted octanol–water partition coefficient (Wildman–Crippen LogP) is 3.68. The van der Waals surface area contributed by atoms with Crippen LogP contribution in [0.25, 0.3) is 0 Å². The van der Waals surface area contributed by atoms with Crippen LogP contribution in [0.2, 0.25) is 0 Å². The molecule has 1 aromatic rings. The fraction of sp³-hybridized carbons (Fsp3) is 0.300. The number of hydrogen-bond acceptors (Lipinski definition) is 3. The fourth-order valence-corrected chi connectivity index (χ4v) is 2.18. The molecular formula is C10H11Br2NO2. The van der Waals surface area contributed by atoms with Crippen molar-refractivity contribution in [3.63, 3.8) is 0 Å². The first kappa shape index (κ1) is 12.5. The Balaban J connectivity index is 2.80. The van der Waals surface area contributed by atoms with Gasteiger partial charge in [0.15, 0.2) is 0 Å². The number of oxime groups is 1. The van der Waals surface area contributed by atoms with E-state index in [-0.39, 0.29) is 5.75 Å². The van der Waals surface area contributed by atoms with Crippen molar-refractivity contribution in [2.75, 3.05) is 6.61 Å². The summed E-state index contributed by atoms with van der Waals surface area (Å²) in [7, 11) is 0. The van der Waals surface area contributed by atoms with Crippen LogP contribution >= 0.6 is 31.9 Å². The van der Waals surface area contributed by atoms with E-state index in [1.807, 2.05) is 6.92 Å². The molecule has 0 atom stereocenters. The summed E-state index contributed by atoms with van der Waals surface area (Å²) in [6, 6.07) is 3.53. The molecule has 0 amide bonds. The average molecular weight is 337 g/mol. The lowest BCUT2D eigenvalue weighted by Gasteiger charge is -2.02. The second-order valence-corrected chi connectivity index (χ2v) is 4.66. The molecule has 0 aliphatic heterocycles. The number of phenolic OH excluding ortho intramolecular Hbond substituents is 1. The van der Waals surface area contributed by atoms with Crippen LogP contribution < -0.4 is 0 Å². The zero-order chi connectivity index (χ0) is 11.3. The van der Waals surface area contributed by atoms with Crippen molar-refractivity contribution >= 4 is 38.1 Å². The number of benzene rings is 1. The highest BCUT2D eigenvalue weighted by Crippen LogP contribution is 2.30. The third-order valence-electron chi connectivity index (χ3n) is 1.62. The minimum Gasteiger partial charge on any atom is -0.506 e. The van der Waals surface area contributed by atoms with E-state index < -0.39 is 0 Å². The number of rotatable bonds is 4. The highest BCUT2D eigenvalue weighted by Gasteiger charge is 2.05. The van der Waals surface area contributed by atoms with E-state index in [4.69, 9.17) is 4.84 Å². The van der Waals surface area contributed by atoms with E-state index in [1.54, 1.807) is 12.1 Å². The van der Waals surface area contributed by atoms with Gasteiger partial charge in [-0.05, 0) is 34.5 Å². The molecule has 0 unspecified atom stereocenters. The Morgan fingerprint density at radius 3 is 2.87 bits per heavy atom. The topological polar surface area (TPSA) is 41.8 Å². The highest BCUT2D eigenvalue weighted by atomic mass is 79.9. The van der Waals surface area contributed by atoms with Crippen LogP contribution in [0.4, 0.5) is 0 Å². The third kappa shape index (κ3) is 3.83. The van der Waals surface area contributed by atoms with Crippen molar-refractivity contribution in [2.24, 2.45) is 5.16 Å². The Labute approximate surface area is 105 Å². The van der Waals surface area contributed by atoms with Crippen molar-refractivity contribution in [3.8, 4) is 5.75 Å². The molecule has 0 fully saturated rings. The first-order valence-electron chi connectivity index (χ1n) is 4.48. The van der Waals surface area contributed by atoms with Gasteiger partial charge in [0.2, 0.25) is 0 Å². The first-order valence-corrected chi connectivity index (χ1v) is 6.07. The molecule has 0 radical (unpaired) electrons. The number of aromatic hydroxyl groups is 1. The summed E-state index contributed by atoms with van der Waals surface area (Å²) in [5.74, 6) is 0.155. The van der Waals surface area contributed by atoms with E-state index in [0.717, 1.165) is 10.9 Å². The summed E-state index contributed by atoms with van der Waals surface area (Å²) in [6.07, 6.45) is 2.39. The molecular weight excluding hydrogens is 326 g/mol. The maximum absolute atomic E-state index is 9.66. The van der Waals surface area contributed by atoms with E-state index in [9.17, 15) is 5.11 Å². The first-order chi connectivity index (χ1) is 7.15. The molecule has 1 N–H and O–H groups in total. The Morgan fingerprint density at radius 2 is 2.20 bits per heavy atom. The van der Waals surface area contributed by atoms with E-state index in [1.165, 1.54) is 6.21 Å². The predicted molar refractivity (Wildman–Crippen MR) is 67.3 cm³/mol. The molecule has 1 rings (SSSR count). The average Bonchev–Trinajstić information content (AvgIpc) is 2.19. The summed E-state index contributed by atoms with van der Waals surface area (Å²) in [4.78, 5) is 4.95. The van der Waals surface area contributed by atoms with Gasteiger partial charge in [0.05, 0.1) is 10.7 Å². The zero-order valence-corrected chi connectivity index (χ0v) is 11.4. The lowest BCUT2D eigenvalue weighted by atomic mass is 10.2. The van der Waals surface area contributed by atoms with Crippen LogP contribution in [-0.2, 0) is 4.84 Å². The Hall–Kier alpha value is -0.550. The van der Waals surface area contributed by atoms with Gasteiger partial charge < -0.3 is 9.94 Å². The molecule has 1 aromatic carbocycles. The van der Waals surface area contributed by atoms with Gasteiger partial charge in [0.25, 0.3) is 0 Å². The zero-order valence-electron chi connectivity index (χ0n) is 8.20. The number of phenols is 1. The van der Waals surface area contributed by atoms with Gasteiger partial charge in [-0.3, -0.25) is 0 Å². The van der Waals surface area contributed by atoms with Gasteiger partial charge in [-0.25, -0.2) is 0 Å². The second kappa shape index (κ2) is 6.12. The molecule has 0 aliphatic rings.